The Morgan fingerprint density at radius 1 is 1.04 bits per heavy atom. The van der Waals surface area contributed by atoms with Crippen molar-refractivity contribution in [2.24, 2.45) is 0 Å². The highest BCUT2D eigenvalue weighted by Crippen LogP contribution is 2.47. The maximum Gasteiger partial charge on any atom is 0.264 e. The van der Waals surface area contributed by atoms with Gasteiger partial charge in [-0.2, -0.15) is 0 Å². The van der Waals surface area contributed by atoms with Crippen LogP contribution in [-0.2, 0) is 10.0 Å². The lowest BCUT2D eigenvalue weighted by Crippen LogP contribution is -2.34. The first-order chi connectivity index (χ1) is 11.9. The molecule has 1 heterocycles. The Labute approximate surface area is 149 Å². The molecule has 0 atom stereocenters. The molecule has 0 aromatic heterocycles. The molecule has 1 fully saturated rings. The first-order valence-electron chi connectivity index (χ1n) is 7.87. The van der Waals surface area contributed by atoms with Crippen molar-refractivity contribution in [3.63, 3.8) is 0 Å². The van der Waals surface area contributed by atoms with E-state index >= 15 is 0 Å². The average Bonchev–Trinajstić information content (AvgIpc) is 3.12. The number of fused-ring (bicyclic) bond motifs is 1. The topological polar surface area (TPSA) is 64.6 Å². The lowest BCUT2D eigenvalue weighted by Gasteiger charge is -2.21. The molecule has 4 rings (SSSR count). The summed E-state index contributed by atoms with van der Waals surface area (Å²) in [5, 5.41) is 0.126. The van der Waals surface area contributed by atoms with Crippen molar-refractivity contribution in [3.8, 4) is 11.5 Å². The minimum atomic E-state index is -4.09. The number of hydrogen-bond donors (Lipinski definition) is 1. The fourth-order valence-electron chi connectivity index (χ4n) is 3.18. The summed E-state index contributed by atoms with van der Waals surface area (Å²) >= 11 is 5.66. The van der Waals surface area contributed by atoms with Gasteiger partial charge in [-0.05, 0) is 43.2 Å². The van der Waals surface area contributed by atoms with Crippen LogP contribution in [0.4, 0.5) is 10.1 Å². The number of ether oxygens (including phenoxy) is 2. The van der Waals surface area contributed by atoms with E-state index in [0.29, 0.717) is 11.5 Å². The highest BCUT2D eigenvalue weighted by atomic mass is 35.5. The van der Waals surface area contributed by atoms with Crippen LogP contribution in [0.15, 0.2) is 41.3 Å². The Balaban J connectivity index is 1.60. The van der Waals surface area contributed by atoms with E-state index in [4.69, 9.17) is 21.1 Å². The molecule has 2 aromatic rings. The predicted molar refractivity (Wildman–Crippen MR) is 91.1 cm³/mol. The average molecular weight is 384 g/mol. The van der Waals surface area contributed by atoms with Gasteiger partial charge in [-0.3, -0.25) is 4.72 Å². The molecule has 2 aliphatic rings. The van der Waals surface area contributed by atoms with Gasteiger partial charge in [-0.15, -0.1) is 0 Å². The Morgan fingerprint density at radius 2 is 1.76 bits per heavy atom. The molecule has 25 heavy (non-hydrogen) atoms. The smallest absolute Gasteiger partial charge is 0.264 e. The molecule has 132 valence electrons. The molecular weight excluding hydrogens is 369 g/mol. The molecule has 0 bridgehead atoms. The van der Waals surface area contributed by atoms with E-state index in [1.807, 2.05) is 0 Å². The van der Waals surface area contributed by atoms with Gasteiger partial charge >= 0.3 is 0 Å². The maximum atomic E-state index is 13.9. The molecule has 5 nitrogen and oxygen atoms in total. The summed E-state index contributed by atoms with van der Waals surface area (Å²) in [7, 11) is -4.09. The third kappa shape index (κ3) is 3.02. The third-order valence-electron chi connectivity index (χ3n) is 4.34. The number of hydrogen-bond acceptors (Lipinski definition) is 4. The molecule has 0 amide bonds. The van der Waals surface area contributed by atoms with Gasteiger partial charge in [-0.1, -0.05) is 11.6 Å². The largest absolute Gasteiger partial charge is 0.448 e. The lowest BCUT2D eigenvalue weighted by molar-refractivity contribution is -0.0716. The Bertz CT molecular complexity index is 942. The van der Waals surface area contributed by atoms with Crippen LogP contribution in [0.1, 0.15) is 25.7 Å². The van der Waals surface area contributed by atoms with Crippen LogP contribution in [0, 0.1) is 5.82 Å². The summed E-state index contributed by atoms with van der Waals surface area (Å²) in [6.07, 6.45) is 3.67. The van der Waals surface area contributed by atoms with Gasteiger partial charge in [-0.25, -0.2) is 12.8 Å². The van der Waals surface area contributed by atoms with Gasteiger partial charge in [0.15, 0.2) is 11.5 Å². The van der Waals surface area contributed by atoms with Gasteiger partial charge in [0.1, 0.15) is 10.7 Å². The van der Waals surface area contributed by atoms with Crippen molar-refractivity contribution < 1.29 is 22.3 Å². The van der Waals surface area contributed by atoms with Gasteiger partial charge in [0.2, 0.25) is 0 Å². The van der Waals surface area contributed by atoms with Crippen molar-refractivity contribution >= 4 is 27.3 Å². The maximum absolute atomic E-state index is 13.9. The van der Waals surface area contributed by atoms with Gasteiger partial charge in [0, 0.05) is 23.9 Å². The fraction of sp³-hybridized carbons (Fsp3) is 0.294. The Morgan fingerprint density at radius 3 is 2.48 bits per heavy atom. The summed E-state index contributed by atoms with van der Waals surface area (Å²) in [6, 6.07) is 8.16. The number of anilines is 1. The summed E-state index contributed by atoms with van der Waals surface area (Å²) in [6.45, 7) is 0. The normalized spacial score (nSPS) is 17.8. The molecule has 0 unspecified atom stereocenters. The molecule has 0 radical (unpaired) electrons. The minimum Gasteiger partial charge on any atom is -0.448 e. The lowest BCUT2D eigenvalue weighted by atomic mass is 10.2. The minimum absolute atomic E-state index is 0.126. The number of rotatable bonds is 3. The Kier molecular flexibility index (Phi) is 3.81. The second kappa shape index (κ2) is 5.78. The second-order valence-electron chi connectivity index (χ2n) is 6.16. The second-order valence-corrected chi connectivity index (χ2v) is 8.25. The number of nitrogens with one attached hydrogen (secondary N) is 1. The number of sulfonamides is 1. The third-order valence-corrected chi connectivity index (χ3v) is 5.99. The van der Waals surface area contributed by atoms with Gasteiger partial charge < -0.3 is 9.47 Å². The zero-order chi connectivity index (χ0) is 17.7. The van der Waals surface area contributed by atoms with Gasteiger partial charge in [0.25, 0.3) is 15.8 Å². The van der Waals surface area contributed by atoms with Crippen molar-refractivity contribution in [3.05, 3.63) is 47.2 Å². The van der Waals surface area contributed by atoms with Gasteiger partial charge in [0.05, 0.1) is 5.69 Å². The van der Waals surface area contributed by atoms with Crippen LogP contribution in [0.3, 0.4) is 0 Å². The van der Waals surface area contributed by atoms with Crippen molar-refractivity contribution in [1.82, 2.24) is 0 Å². The van der Waals surface area contributed by atoms with Crippen LogP contribution >= 0.6 is 11.6 Å². The monoisotopic (exact) mass is 383 g/mol. The molecule has 1 N–H and O–H groups in total. The van der Waals surface area contributed by atoms with E-state index in [2.05, 4.69) is 4.72 Å². The Hall–Kier alpha value is -1.99. The molecule has 0 saturated heterocycles. The van der Waals surface area contributed by atoms with E-state index in [1.165, 1.54) is 6.07 Å². The van der Waals surface area contributed by atoms with Crippen LogP contribution in [0.5, 0.6) is 11.5 Å². The molecule has 1 aliphatic carbocycles. The quantitative estimate of drug-likeness (QED) is 0.857. The van der Waals surface area contributed by atoms with Crippen LogP contribution in [0.25, 0.3) is 0 Å². The summed E-state index contributed by atoms with van der Waals surface area (Å²) in [4.78, 5) is -0.471. The van der Waals surface area contributed by atoms with Crippen molar-refractivity contribution in [2.75, 3.05) is 4.72 Å². The zero-order valence-corrected chi connectivity index (χ0v) is 14.7. The van der Waals surface area contributed by atoms with Crippen LogP contribution in [-0.4, -0.2) is 14.2 Å². The number of benzene rings is 2. The molecule has 1 saturated carbocycles. The van der Waals surface area contributed by atoms with E-state index in [9.17, 15) is 12.8 Å². The first-order valence-corrected chi connectivity index (χ1v) is 9.73. The highest BCUT2D eigenvalue weighted by Gasteiger charge is 2.44. The standard InChI is InChI=1S/C17H15ClFNO4S/c18-11-3-6-16(13(19)9-11)25(21,22)20-12-4-5-14-15(10-12)24-17(23-14)7-1-2-8-17/h3-6,9-10,20H,1-2,7-8H2. The summed E-state index contributed by atoms with van der Waals surface area (Å²) < 4.78 is 52.9. The summed E-state index contributed by atoms with van der Waals surface area (Å²) in [5.41, 5.74) is 0.270. The van der Waals surface area contributed by atoms with E-state index in [1.54, 1.807) is 18.2 Å². The predicted octanol–water partition coefficient (Wildman–Crippen LogP) is 4.32. The molecule has 8 heteroatoms. The molecule has 1 spiro atoms. The number of halogens is 2. The molecule has 2 aromatic carbocycles. The molecule has 1 aliphatic heterocycles. The highest BCUT2D eigenvalue weighted by molar-refractivity contribution is 7.92. The van der Waals surface area contributed by atoms with E-state index < -0.39 is 26.5 Å². The SMILES string of the molecule is O=S(=O)(Nc1ccc2c(c1)OC1(CCCC1)O2)c1ccc(Cl)cc1F. The van der Waals surface area contributed by atoms with Crippen LogP contribution in [0.2, 0.25) is 5.02 Å². The van der Waals surface area contributed by atoms with Crippen LogP contribution < -0.4 is 14.2 Å². The summed E-state index contributed by atoms with van der Waals surface area (Å²) in [5.74, 6) is -0.464. The van der Waals surface area contributed by atoms with Crippen molar-refractivity contribution in [1.29, 1.82) is 0 Å². The molecular formula is C17H15ClFNO4S. The first kappa shape index (κ1) is 16.5. The van der Waals surface area contributed by atoms with E-state index in [-0.39, 0.29) is 10.7 Å². The van der Waals surface area contributed by atoms with E-state index in [0.717, 1.165) is 37.8 Å². The zero-order valence-electron chi connectivity index (χ0n) is 13.1. The van der Waals surface area contributed by atoms with Crippen molar-refractivity contribution in [2.45, 2.75) is 36.4 Å². The fourth-order valence-corrected chi connectivity index (χ4v) is 4.45.